The van der Waals surface area contributed by atoms with Crippen molar-refractivity contribution in [3.05, 3.63) is 11.6 Å². The van der Waals surface area contributed by atoms with E-state index in [4.69, 9.17) is 0 Å². The minimum Gasteiger partial charge on any atom is -0.300 e. The lowest BCUT2D eigenvalue weighted by Gasteiger charge is -2.25. The Hall–Kier alpha value is -0.813. The second kappa shape index (κ2) is 5.22. The monoisotopic (exact) mass is 248 g/mol. The van der Waals surface area contributed by atoms with Crippen LogP contribution in [0.4, 0.5) is 0 Å². The van der Waals surface area contributed by atoms with Gasteiger partial charge in [0.15, 0.2) is 0 Å². The molecule has 0 atom stereocenters. The molecule has 0 N–H and O–H groups in total. The minimum atomic E-state index is -1.29. The Balaban J connectivity index is 2.89. The summed E-state index contributed by atoms with van der Waals surface area (Å²) in [7, 11) is -1.29. The van der Waals surface area contributed by atoms with E-state index in [2.05, 4.69) is 51.0 Å². The molecule has 0 saturated heterocycles. The standard InChI is InChI=1S/C15H24OSi/c1-15(2)11-10-14(16)9-8-13(15)7-6-12-17(3,4)5/h7H,8-11H2,1-5H3/b13-7+. The van der Waals surface area contributed by atoms with Gasteiger partial charge in [-0.05, 0) is 24.3 Å². The van der Waals surface area contributed by atoms with Gasteiger partial charge in [0.25, 0.3) is 0 Å². The summed E-state index contributed by atoms with van der Waals surface area (Å²) >= 11 is 0. The van der Waals surface area contributed by atoms with E-state index in [0.717, 1.165) is 19.3 Å². The molecule has 1 rings (SSSR count). The summed E-state index contributed by atoms with van der Waals surface area (Å²) in [5, 5.41) is 0. The van der Waals surface area contributed by atoms with Crippen LogP contribution in [0.15, 0.2) is 11.6 Å². The Bertz CT molecular complexity index is 385. The summed E-state index contributed by atoms with van der Waals surface area (Å²) in [6.07, 6.45) is 5.37. The number of rotatable bonds is 0. The van der Waals surface area contributed by atoms with E-state index < -0.39 is 8.07 Å². The van der Waals surface area contributed by atoms with Gasteiger partial charge in [-0.1, -0.05) is 45.0 Å². The number of ketones is 1. The van der Waals surface area contributed by atoms with Gasteiger partial charge in [-0.3, -0.25) is 4.79 Å². The molecule has 1 aliphatic rings. The molecule has 0 aromatic heterocycles. The van der Waals surface area contributed by atoms with Crippen LogP contribution in [0.2, 0.25) is 19.6 Å². The fraction of sp³-hybridized carbons (Fsp3) is 0.667. The first-order chi connectivity index (χ1) is 7.71. The molecule has 1 saturated carbocycles. The molecule has 0 aromatic carbocycles. The third kappa shape index (κ3) is 4.91. The van der Waals surface area contributed by atoms with Gasteiger partial charge < -0.3 is 0 Å². The van der Waals surface area contributed by atoms with Crippen LogP contribution in [0.5, 0.6) is 0 Å². The lowest BCUT2D eigenvalue weighted by atomic mass is 9.80. The average molecular weight is 248 g/mol. The molecule has 94 valence electrons. The molecule has 1 nitrogen and oxygen atoms in total. The van der Waals surface area contributed by atoms with Gasteiger partial charge in [0.05, 0.1) is 0 Å². The molecule has 0 spiro atoms. The van der Waals surface area contributed by atoms with Crippen molar-refractivity contribution in [3.8, 4) is 11.5 Å². The fourth-order valence-electron chi connectivity index (χ4n) is 1.96. The molecule has 17 heavy (non-hydrogen) atoms. The van der Waals surface area contributed by atoms with Gasteiger partial charge in [-0.15, -0.1) is 5.54 Å². The van der Waals surface area contributed by atoms with E-state index in [-0.39, 0.29) is 5.41 Å². The molecule has 0 aliphatic heterocycles. The first kappa shape index (κ1) is 14.2. The molecule has 1 fully saturated rings. The quantitative estimate of drug-likeness (QED) is 0.360. The third-order valence-corrected chi connectivity index (χ3v) is 4.16. The molecule has 1 aliphatic carbocycles. The summed E-state index contributed by atoms with van der Waals surface area (Å²) < 4.78 is 0. The smallest absolute Gasteiger partial charge is 0.133 e. The number of Topliss-reactive ketones (excluding diaryl/α,β-unsaturated/α-hetero) is 1. The van der Waals surface area contributed by atoms with Crippen LogP contribution in [0.1, 0.15) is 39.5 Å². The largest absolute Gasteiger partial charge is 0.300 e. The molecule has 2 heteroatoms. The highest BCUT2D eigenvalue weighted by atomic mass is 28.3. The maximum absolute atomic E-state index is 11.5. The highest BCUT2D eigenvalue weighted by Crippen LogP contribution is 2.37. The maximum Gasteiger partial charge on any atom is 0.133 e. The number of hydrogen-bond acceptors (Lipinski definition) is 1. The van der Waals surface area contributed by atoms with Crippen molar-refractivity contribution in [2.24, 2.45) is 5.41 Å². The topological polar surface area (TPSA) is 17.1 Å². The highest BCUT2D eigenvalue weighted by Gasteiger charge is 2.27. The SMILES string of the molecule is CC1(C)CCC(=O)CC/C1=C\C#C[Si](C)(C)C. The Morgan fingerprint density at radius 1 is 1.18 bits per heavy atom. The summed E-state index contributed by atoms with van der Waals surface area (Å²) in [5.41, 5.74) is 4.86. The zero-order chi connectivity index (χ0) is 13.1. The fourth-order valence-corrected chi connectivity index (χ4v) is 2.46. The van der Waals surface area contributed by atoms with Crippen LogP contribution < -0.4 is 0 Å². The molecule has 0 aromatic rings. The van der Waals surface area contributed by atoms with E-state index in [1.807, 2.05) is 0 Å². The van der Waals surface area contributed by atoms with Crippen LogP contribution in [-0.2, 0) is 4.79 Å². The zero-order valence-corrected chi connectivity index (χ0v) is 12.8. The van der Waals surface area contributed by atoms with Crippen LogP contribution in [0.3, 0.4) is 0 Å². The number of hydrogen-bond donors (Lipinski definition) is 0. The van der Waals surface area contributed by atoms with Crippen LogP contribution >= 0.6 is 0 Å². The lowest BCUT2D eigenvalue weighted by molar-refractivity contribution is -0.119. The Kier molecular flexibility index (Phi) is 4.38. The van der Waals surface area contributed by atoms with E-state index in [0.29, 0.717) is 12.2 Å². The van der Waals surface area contributed by atoms with E-state index in [9.17, 15) is 4.79 Å². The minimum absolute atomic E-state index is 0.139. The van der Waals surface area contributed by atoms with Crippen molar-refractivity contribution in [2.45, 2.75) is 59.2 Å². The van der Waals surface area contributed by atoms with E-state index >= 15 is 0 Å². The van der Waals surface area contributed by atoms with E-state index in [1.54, 1.807) is 0 Å². The van der Waals surface area contributed by atoms with E-state index in [1.165, 1.54) is 5.57 Å². The summed E-state index contributed by atoms with van der Waals surface area (Å²) in [6, 6.07) is 0. The molecule has 0 amide bonds. The van der Waals surface area contributed by atoms with Crippen LogP contribution in [0, 0.1) is 16.9 Å². The number of carbonyl (C=O) groups is 1. The predicted molar refractivity (Wildman–Crippen MR) is 76.5 cm³/mol. The van der Waals surface area contributed by atoms with Gasteiger partial charge >= 0.3 is 0 Å². The Morgan fingerprint density at radius 3 is 2.41 bits per heavy atom. The maximum atomic E-state index is 11.5. The lowest BCUT2D eigenvalue weighted by Crippen LogP contribution is -2.16. The number of allylic oxidation sites excluding steroid dienone is 2. The van der Waals surface area contributed by atoms with Crippen molar-refractivity contribution in [1.82, 2.24) is 0 Å². The summed E-state index contributed by atoms with van der Waals surface area (Å²) in [6.45, 7) is 11.2. The molecule has 0 radical (unpaired) electrons. The van der Waals surface area contributed by atoms with Crippen molar-refractivity contribution in [3.63, 3.8) is 0 Å². The van der Waals surface area contributed by atoms with Crippen molar-refractivity contribution in [2.75, 3.05) is 0 Å². The second-order valence-electron chi connectivity index (χ2n) is 6.61. The average Bonchev–Trinajstić information content (AvgIpc) is 2.28. The zero-order valence-electron chi connectivity index (χ0n) is 11.8. The first-order valence-corrected chi connectivity index (χ1v) is 9.95. The molecule has 0 unspecified atom stereocenters. The van der Waals surface area contributed by atoms with Crippen molar-refractivity contribution < 1.29 is 4.79 Å². The molecular formula is C15H24OSi. The first-order valence-electron chi connectivity index (χ1n) is 6.45. The Morgan fingerprint density at radius 2 is 1.82 bits per heavy atom. The van der Waals surface area contributed by atoms with Gasteiger partial charge in [0.2, 0.25) is 0 Å². The predicted octanol–water partition coefficient (Wildman–Crippen LogP) is 3.96. The van der Waals surface area contributed by atoms with Gasteiger partial charge in [-0.25, -0.2) is 0 Å². The van der Waals surface area contributed by atoms with Crippen molar-refractivity contribution in [1.29, 1.82) is 0 Å². The second-order valence-corrected chi connectivity index (χ2v) is 11.4. The summed E-state index contributed by atoms with van der Waals surface area (Å²) in [5.74, 6) is 3.63. The highest BCUT2D eigenvalue weighted by molar-refractivity contribution is 6.83. The molecule has 0 bridgehead atoms. The normalized spacial score (nSPS) is 22.9. The molecule has 0 heterocycles. The third-order valence-electron chi connectivity index (χ3n) is 3.26. The Labute approximate surface area is 107 Å². The number of carbonyl (C=O) groups excluding carboxylic acids is 1. The van der Waals surface area contributed by atoms with Crippen LogP contribution in [0.25, 0.3) is 0 Å². The van der Waals surface area contributed by atoms with Gasteiger partial charge in [0, 0.05) is 12.8 Å². The summed E-state index contributed by atoms with van der Waals surface area (Å²) in [4.78, 5) is 11.5. The molecular weight excluding hydrogens is 224 g/mol. The van der Waals surface area contributed by atoms with Crippen LogP contribution in [-0.4, -0.2) is 13.9 Å². The van der Waals surface area contributed by atoms with Gasteiger partial charge in [0.1, 0.15) is 13.9 Å². The van der Waals surface area contributed by atoms with Gasteiger partial charge in [-0.2, -0.15) is 0 Å². The van der Waals surface area contributed by atoms with Crippen molar-refractivity contribution >= 4 is 13.9 Å².